The molecule has 0 radical (unpaired) electrons. The molecule has 1 N–H and O–H groups in total. The van der Waals surface area contributed by atoms with Crippen molar-refractivity contribution in [3.63, 3.8) is 0 Å². The first-order valence-electron chi connectivity index (χ1n) is 10.5. The van der Waals surface area contributed by atoms with Gasteiger partial charge in [-0.2, -0.15) is 10.4 Å². The van der Waals surface area contributed by atoms with Gasteiger partial charge in [0.15, 0.2) is 5.82 Å². The molecule has 154 valence electrons. The number of H-pyrrole nitrogens is 1. The zero-order valence-corrected chi connectivity index (χ0v) is 17.5. The number of aromatic nitrogens is 3. The minimum absolute atomic E-state index is 0.126. The maximum atomic E-state index is 12.9. The van der Waals surface area contributed by atoms with Crippen molar-refractivity contribution in [3.05, 3.63) is 52.8 Å². The second-order valence-electron chi connectivity index (χ2n) is 7.55. The number of carbonyl (C=O) groups excluding carboxylic acids is 1. The summed E-state index contributed by atoms with van der Waals surface area (Å²) in [5.74, 6) is 0.775. The van der Waals surface area contributed by atoms with E-state index in [9.17, 15) is 10.1 Å². The van der Waals surface area contributed by atoms with Crippen LogP contribution < -0.4 is 4.90 Å². The quantitative estimate of drug-likeness (QED) is 0.709. The zero-order chi connectivity index (χ0) is 21.1. The Bertz CT molecular complexity index is 1100. The predicted molar refractivity (Wildman–Crippen MR) is 116 cm³/mol. The number of benzene rings is 1. The number of amides is 1. The van der Waals surface area contributed by atoms with E-state index in [-0.39, 0.29) is 5.91 Å². The highest BCUT2D eigenvalue weighted by atomic mass is 16.2. The van der Waals surface area contributed by atoms with Crippen LogP contribution in [0.25, 0.3) is 10.9 Å². The van der Waals surface area contributed by atoms with E-state index in [1.54, 1.807) is 0 Å². The molecule has 1 aromatic carbocycles. The minimum atomic E-state index is 0.126. The first-order chi connectivity index (χ1) is 14.7. The van der Waals surface area contributed by atoms with Crippen LogP contribution in [0.15, 0.2) is 30.5 Å². The molecule has 3 heterocycles. The molecule has 1 amide bonds. The van der Waals surface area contributed by atoms with Gasteiger partial charge in [0.05, 0.1) is 12.1 Å². The van der Waals surface area contributed by atoms with Crippen molar-refractivity contribution in [1.82, 2.24) is 20.1 Å². The Balaban J connectivity index is 1.45. The van der Waals surface area contributed by atoms with Gasteiger partial charge in [0, 0.05) is 43.3 Å². The Labute approximate surface area is 176 Å². The highest BCUT2D eigenvalue weighted by Gasteiger charge is 2.26. The van der Waals surface area contributed by atoms with Crippen LogP contribution in [0, 0.1) is 11.3 Å². The summed E-state index contributed by atoms with van der Waals surface area (Å²) >= 11 is 0. The molecule has 0 unspecified atom stereocenters. The van der Waals surface area contributed by atoms with Gasteiger partial charge in [-0.15, -0.1) is 5.10 Å². The third kappa shape index (κ3) is 3.61. The van der Waals surface area contributed by atoms with Crippen LogP contribution in [0.4, 0.5) is 5.82 Å². The molecule has 4 rings (SSSR count). The summed E-state index contributed by atoms with van der Waals surface area (Å²) < 4.78 is 0. The molecule has 0 bridgehead atoms. The molecule has 3 aromatic rings. The maximum absolute atomic E-state index is 12.9. The van der Waals surface area contributed by atoms with E-state index in [0.29, 0.717) is 44.0 Å². The molecule has 0 aliphatic carbocycles. The van der Waals surface area contributed by atoms with Crippen molar-refractivity contribution in [3.8, 4) is 6.07 Å². The van der Waals surface area contributed by atoms with E-state index in [0.717, 1.165) is 40.6 Å². The van der Waals surface area contributed by atoms with Crippen LogP contribution in [0.3, 0.4) is 0 Å². The molecule has 1 aliphatic heterocycles. The monoisotopic (exact) mass is 402 g/mol. The number of rotatable bonds is 5. The fourth-order valence-corrected chi connectivity index (χ4v) is 4.22. The number of carbonyl (C=O) groups is 1. The van der Waals surface area contributed by atoms with Crippen LogP contribution in [0.2, 0.25) is 0 Å². The number of nitrogens with one attached hydrogen (secondary N) is 1. The first-order valence-corrected chi connectivity index (χ1v) is 10.5. The molecule has 0 atom stereocenters. The van der Waals surface area contributed by atoms with Crippen molar-refractivity contribution in [1.29, 1.82) is 5.26 Å². The summed E-state index contributed by atoms with van der Waals surface area (Å²) in [6, 6.07) is 10.4. The molecule has 7 heteroatoms. The maximum Gasteiger partial charge on any atom is 0.227 e. The molecule has 0 saturated carbocycles. The van der Waals surface area contributed by atoms with Gasteiger partial charge in [-0.3, -0.25) is 4.79 Å². The van der Waals surface area contributed by atoms with Gasteiger partial charge in [-0.1, -0.05) is 32.0 Å². The number of piperazine rings is 1. The van der Waals surface area contributed by atoms with Crippen LogP contribution >= 0.6 is 0 Å². The highest BCUT2D eigenvalue weighted by molar-refractivity contribution is 5.89. The normalized spacial score (nSPS) is 14.2. The van der Waals surface area contributed by atoms with Crippen molar-refractivity contribution >= 4 is 22.6 Å². The molecule has 0 spiro atoms. The number of hydrogen-bond donors (Lipinski definition) is 1. The average molecular weight is 403 g/mol. The van der Waals surface area contributed by atoms with E-state index in [2.05, 4.69) is 26.2 Å². The van der Waals surface area contributed by atoms with Crippen molar-refractivity contribution < 1.29 is 4.79 Å². The fraction of sp³-hybridized carbons (Fsp3) is 0.391. The van der Waals surface area contributed by atoms with Crippen LogP contribution in [-0.2, 0) is 24.1 Å². The molecule has 1 aliphatic rings. The van der Waals surface area contributed by atoms with Gasteiger partial charge in [-0.25, -0.2) is 0 Å². The van der Waals surface area contributed by atoms with Crippen molar-refractivity contribution in [2.45, 2.75) is 33.1 Å². The van der Waals surface area contributed by atoms with Gasteiger partial charge in [-0.05, 0) is 30.0 Å². The predicted octanol–water partition coefficient (Wildman–Crippen LogP) is 2.85. The minimum Gasteiger partial charge on any atom is -0.361 e. The number of para-hydroxylation sites is 1. The van der Waals surface area contributed by atoms with E-state index in [4.69, 9.17) is 0 Å². The molecule has 7 nitrogen and oxygen atoms in total. The lowest BCUT2D eigenvalue weighted by molar-refractivity contribution is -0.130. The van der Waals surface area contributed by atoms with Gasteiger partial charge in [0.2, 0.25) is 5.91 Å². The summed E-state index contributed by atoms with van der Waals surface area (Å²) in [5, 5.41) is 19.6. The number of hydrogen-bond acceptors (Lipinski definition) is 5. The average Bonchev–Trinajstić information content (AvgIpc) is 3.20. The zero-order valence-electron chi connectivity index (χ0n) is 17.5. The molecule has 1 saturated heterocycles. The molecule has 2 aromatic heterocycles. The van der Waals surface area contributed by atoms with Crippen LogP contribution in [-0.4, -0.2) is 52.2 Å². The Kier molecular flexibility index (Phi) is 5.66. The van der Waals surface area contributed by atoms with E-state index < -0.39 is 0 Å². The molecule has 1 fully saturated rings. The number of aryl methyl sites for hydroxylation is 1. The lowest BCUT2D eigenvalue weighted by atomic mass is 10.0. The summed E-state index contributed by atoms with van der Waals surface area (Å²) in [6.07, 6.45) is 3.84. The van der Waals surface area contributed by atoms with Crippen LogP contribution in [0.5, 0.6) is 0 Å². The number of anilines is 1. The van der Waals surface area contributed by atoms with E-state index >= 15 is 0 Å². The SMILES string of the molecule is CCc1nnc(N2CCN(C(=O)Cc3c[nH]c4ccccc34)CC2)c(C#N)c1CC. The largest absolute Gasteiger partial charge is 0.361 e. The van der Waals surface area contributed by atoms with Gasteiger partial charge < -0.3 is 14.8 Å². The Hall–Kier alpha value is -3.40. The van der Waals surface area contributed by atoms with Crippen molar-refractivity contribution in [2.75, 3.05) is 31.1 Å². The van der Waals surface area contributed by atoms with Gasteiger partial charge in [0.25, 0.3) is 0 Å². The number of nitriles is 1. The lowest BCUT2D eigenvalue weighted by Crippen LogP contribution is -2.49. The Morgan fingerprint density at radius 3 is 2.60 bits per heavy atom. The fourth-order valence-electron chi connectivity index (χ4n) is 4.22. The topological polar surface area (TPSA) is 88.9 Å². The standard InChI is InChI=1S/C23H26N6O/c1-3-17-19(14-24)23(27-26-20(17)4-2)29-11-9-28(10-12-29)22(30)13-16-15-25-21-8-6-5-7-18(16)21/h5-8,15,25H,3-4,9-13H2,1-2H3. The second-order valence-corrected chi connectivity index (χ2v) is 7.55. The van der Waals surface area contributed by atoms with Crippen LogP contribution in [0.1, 0.15) is 36.2 Å². The summed E-state index contributed by atoms with van der Waals surface area (Å²) in [6.45, 7) is 6.61. The Morgan fingerprint density at radius 1 is 1.13 bits per heavy atom. The number of aromatic amines is 1. The first kappa shape index (κ1) is 19.9. The van der Waals surface area contributed by atoms with E-state index in [1.165, 1.54) is 0 Å². The summed E-state index contributed by atoms with van der Waals surface area (Å²) in [5.41, 5.74) is 4.59. The lowest BCUT2D eigenvalue weighted by Gasteiger charge is -2.35. The molecule has 30 heavy (non-hydrogen) atoms. The second kappa shape index (κ2) is 8.54. The summed E-state index contributed by atoms with van der Waals surface area (Å²) in [4.78, 5) is 20.1. The Morgan fingerprint density at radius 2 is 1.90 bits per heavy atom. The third-order valence-corrected chi connectivity index (χ3v) is 5.89. The number of fused-ring (bicyclic) bond motifs is 1. The van der Waals surface area contributed by atoms with Gasteiger partial charge >= 0.3 is 0 Å². The number of nitrogens with zero attached hydrogens (tertiary/aromatic N) is 5. The molecular weight excluding hydrogens is 376 g/mol. The molecular formula is C23H26N6O. The highest BCUT2D eigenvalue weighted by Crippen LogP contribution is 2.25. The summed E-state index contributed by atoms with van der Waals surface area (Å²) in [7, 11) is 0. The third-order valence-electron chi connectivity index (χ3n) is 5.89. The smallest absolute Gasteiger partial charge is 0.227 e. The van der Waals surface area contributed by atoms with Gasteiger partial charge in [0.1, 0.15) is 11.6 Å². The van der Waals surface area contributed by atoms with Crippen molar-refractivity contribution in [2.24, 2.45) is 0 Å². The van der Waals surface area contributed by atoms with E-state index in [1.807, 2.05) is 49.2 Å².